The van der Waals surface area contributed by atoms with Gasteiger partial charge in [-0.15, -0.1) is 11.3 Å². The van der Waals surface area contributed by atoms with E-state index in [1.54, 1.807) is 12.5 Å². The number of nitrogens with zero attached hydrogens (tertiary/aromatic N) is 1. The highest BCUT2D eigenvalue weighted by Crippen LogP contribution is 2.25. The van der Waals surface area contributed by atoms with Crippen molar-refractivity contribution < 1.29 is 13.9 Å². The highest BCUT2D eigenvalue weighted by molar-refractivity contribution is 7.13. The van der Waals surface area contributed by atoms with Crippen LogP contribution in [0.3, 0.4) is 0 Å². The zero-order valence-corrected chi connectivity index (χ0v) is 12.7. The van der Waals surface area contributed by atoms with Crippen LogP contribution < -0.4 is 10.6 Å². The summed E-state index contributed by atoms with van der Waals surface area (Å²) in [6.45, 7) is 3.33. The average Bonchev–Trinajstić information content (AvgIpc) is 3.17. The molecular formula is C14H17N3O3S. The van der Waals surface area contributed by atoms with Crippen LogP contribution in [0.25, 0.3) is 10.8 Å². The lowest BCUT2D eigenvalue weighted by Crippen LogP contribution is -2.43. The number of carbonyl (C=O) groups excluding carboxylic acids is 1. The van der Waals surface area contributed by atoms with E-state index in [9.17, 15) is 4.79 Å². The first-order valence-corrected chi connectivity index (χ1v) is 7.62. The number of rotatable bonds is 4. The second-order valence-electron chi connectivity index (χ2n) is 4.96. The lowest BCUT2D eigenvalue weighted by atomic mass is 10.2. The number of ether oxygens (including phenoxy) is 1. The predicted octanol–water partition coefficient (Wildman–Crippen LogP) is 1.43. The lowest BCUT2D eigenvalue weighted by molar-refractivity contribution is 0.0777. The molecule has 0 saturated carbocycles. The van der Waals surface area contributed by atoms with E-state index < -0.39 is 0 Å². The van der Waals surface area contributed by atoms with Crippen molar-refractivity contribution in [2.45, 2.75) is 19.1 Å². The predicted molar refractivity (Wildman–Crippen MR) is 79.5 cm³/mol. The Bertz CT molecular complexity index is 637. The highest BCUT2D eigenvalue weighted by atomic mass is 32.1. The maximum Gasteiger partial charge on any atom is 0.271 e. The van der Waals surface area contributed by atoms with E-state index in [0.717, 1.165) is 12.3 Å². The molecule has 1 fully saturated rings. The second kappa shape index (κ2) is 5.97. The fourth-order valence-electron chi connectivity index (χ4n) is 2.33. The zero-order chi connectivity index (χ0) is 14.8. The molecule has 112 valence electrons. The summed E-state index contributed by atoms with van der Waals surface area (Å²) in [7, 11) is 1.65. The summed E-state index contributed by atoms with van der Waals surface area (Å²) in [5, 5.41) is 8.60. The third kappa shape index (κ3) is 2.99. The van der Waals surface area contributed by atoms with Crippen molar-refractivity contribution in [2.75, 3.05) is 20.2 Å². The minimum atomic E-state index is -0.184. The van der Waals surface area contributed by atoms with Crippen molar-refractivity contribution in [1.82, 2.24) is 15.6 Å². The first kappa shape index (κ1) is 14.2. The van der Waals surface area contributed by atoms with E-state index >= 15 is 0 Å². The molecule has 2 atom stereocenters. The van der Waals surface area contributed by atoms with Crippen LogP contribution >= 0.6 is 11.3 Å². The molecule has 1 unspecified atom stereocenters. The van der Waals surface area contributed by atoms with Gasteiger partial charge in [0.25, 0.3) is 5.91 Å². The number of aromatic nitrogens is 1. The van der Waals surface area contributed by atoms with Gasteiger partial charge in [0.2, 0.25) is 0 Å². The van der Waals surface area contributed by atoms with Gasteiger partial charge in [-0.05, 0) is 19.1 Å². The Kier molecular flexibility index (Phi) is 4.05. The molecule has 0 spiro atoms. The van der Waals surface area contributed by atoms with E-state index in [-0.39, 0.29) is 18.1 Å². The van der Waals surface area contributed by atoms with Crippen molar-refractivity contribution in [3.63, 3.8) is 0 Å². The van der Waals surface area contributed by atoms with E-state index in [1.807, 2.05) is 19.1 Å². The topological polar surface area (TPSA) is 76.4 Å². The van der Waals surface area contributed by atoms with Gasteiger partial charge in [-0.25, -0.2) is 4.98 Å². The Labute approximate surface area is 126 Å². The molecule has 1 saturated heterocycles. The molecule has 2 aromatic rings. The first-order valence-electron chi connectivity index (χ1n) is 6.74. The second-order valence-corrected chi connectivity index (χ2v) is 5.82. The maximum absolute atomic E-state index is 12.2. The van der Waals surface area contributed by atoms with Crippen LogP contribution in [0, 0.1) is 6.92 Å². The SMILES string of the molecule is CO[C@H]1CNCC1NC(=O)c1csc(-c2ccc(C)o2)n1. The molecule has 7 heteroatoms. The highest BCUT2D eigenvalue weighted by Gasteiger charge is 2.29. The zero-order valence-electron chi connectivity index (χ0n) is 11.9. The van der Waals surface area contributed by atoms with Gasteiger partial charge >= 0.3 is 0 Å². The molecule has 0 aliphatic carbocycles. The molecular weight excluding hydrogens is 290 g/mol. The van der Waals surface area contributed by atoms with E-state index in [4.69, 9.17) is 9.15 Å². The van der Waals surface area contributed by atoms with Gasteiger partial charge in [-0.1, -0.05) is 0 Å². The smallest absolute Gasteiger partial charge is 0.271 e. The normalized spacial score (nSPS) is 21.6. The van der Waals surface area contributed by atoms with Gasteiger partial charge in [0.15, 0.2) is 10.8 Å². The molecule has 0 aromatic carbocycles. The van der Waals surface area contributed by atoms with Crippen LogP contribution in [-0.4, -0.2) is 43.2 Å². The summed E-state index contributed by atoms with van der Waals surface area (Å²) in [6, 6.07) is 3.71. The average molecular weight is 307 g/mol. The van der Waals surface area contributed by atoms with E-state index in [1.165, 1.54) is 11.3 Å². The standard InChI is InChI=1S/C14H17N3O3S/c1-8-3-4-11(20-8)14-17-10(7-21-14)13(18)16-9-5-15-6-12(9)19-2/h3-4,7,9,12,15H,5-6H2,1-2H3,(H,16,18)/t9?,12-/m0/s1. The fourth-order valence-corrected chi connectivity index (χ4v) is 3.09. The van der Waals surface area contributed by atoms with Gasteiger partial charge in [0.1, 0.15) is 11.5 Å². The molecule has 1 aliphatic rings. The molecule has 2 aromatic heterocycles. The van der Waals surface area contributed by atoms with Crippen LogP contribution in [0.15, 0.2) is 21.9 Å². The Hall–Kier alpha value is -1.70. The van der Waals surface area contributed by atoms with Crippen molar-refractivity contribution in [3.8, 4) is 10.8 Å². The molecule has 21 heavy (non-hydrogen) atoms. The van der Waals surface area contributed by atoms with Crippen LogP contribution in [0.1, 0.15) is 16.2 Å². The quantitative estimate of drug-likeness (QED) is 0.893. The Morgan fingerprint density at radius 3 is 3.10 bits per heavy atom. The third-order valence-corrected chi connectivity index (χ3v) is 4.32. The third-order valence-electron chi connectivity index (χ3n) is 3.47. The lowest BCUT2D eigenvalue weighted by Gasteiger charge is -2.17. The van der Waals surface area contributed by atoms with Gasteiger partial charge in [0.05, 0.1) is 12.1 Å². The molecule has 1 amide bonds. The number of carbonyl (C=O) groups is 1. The molecule has 3 heterocycles. The molecule has 1 aliphatic heterocycles. The number of nitrogens with one attached hydrogen (secondary N) is 2. The van der Waals surface area contributed by atoms with Crippen molar-refractivity contribution in [2.24, 2.45) is 0 Å². The molecule has 0 bridgehead atoms. The monoisotopic (exact) mass is 307 g/mol. The minimum Gasteiger partial charge on any atom is -0.459 e. The molecule has 0 radical (unpaired) electrons. The molecule has 6 nitrogen and oxygen atoms in total. The summed E-state index contributed by atoms with van der Waals surface area (Å²) in [4.78, 5) is 16.6. The van der Waals surface area contributed by atoms with E-state index in [0.29, 0.717) is 23.0 Å². The number of furan rings is 1. The largest absolute Gasteiger partial charge is 0.459 e. The van der Waals surface area contributed by atoms with Gasteiger partial charge in [-0.3, -0.25) is 4.79 Å². The van der Waals surface area contributed by atoms with Gasteiger partial charge in [-0.2, -0.15) is 0 Å². The minimum absolute atomic E-state index is 0.000204. The van der Waals surface area contributed by atoms with Crippen LogP contribution in [-0.2, 0) is 4.74 Å². The van der Waals surface area contributed by atoms with Crippen molar-refractivity contribution in [1.29, 1.82) is 0 Å². The molecule has 2 N–H and O–H groups in total. The number of methoxy groups -OCH3 is 1. The summed E-state index contributed by atoms with van der Waals surface area (Å²) in [5.74, 6) is 1.33. The Morgan fingerprint density at radius 1 is 1.52 bits per heavy atom. The number of hydrogen-bond acceptors (Lipinski definition) is 6. The summed E-state index contributed by atoms with van der Waals surface area (Å²) in [6.07, 6.45) is -0.000204. The summed E-state index contributed by atoms with van der Waals surface area (Å²) in [5.41, 5.74) is 0.408. The fraction of sp³-hybridized carbons (Fsp3) is 0.429. The summed E-state index contributed by atoms with van der Waals surface area (Å²) >= 11 is 1.40. The van der Waals surface area contributed by atoms with E-state index in [2.05, 4.69) is 15.6 Å². The number of aryl methyl sites for hydroxylation is 1. The Morgan fingerprint density at radius 2 is 2.38 bits per heavy atom. The van der Waals surface area contributed by atoms with Crippen LogP contribution in [0.2, 0.25) is 0 Å². The van der Waals surface area contributed by atoms with Crippen LogP contribution in [0.4, 0.5) is 0 Å². The van der Waals surface area contributed by atoms with Gasteiger partial charge in [0, 0.05) is 25.6 Å². The number of thiazole rings is 1. The Balaban J connectivity index is 1.69. The van der Waals surface area contributed by atoms with Crippen molar-refractivity contribution in [3.05, 3.63) is 29.0 Å². The number of hydrogen-bond donors (Lipinski definition) is 2. The number of amides is 1. The first-order chi connectivity index (χ1) is 10.2. The summed E-state index contributed by atoms with van der Waals surface area (Å²) < 4.78 is 10.8. The van der Waals surface area contributed by atoms with Crippen molar-refractivity contribution >= 4 is 17.2 Å². The van der Waals surface area contributed by atoms with Crippen LogP contribution in [0.5, 0.6) is 0 Å². The maximum atomic E-state index is 12.2. The van der Waals surface area contributed by atoms with Gasteiger partial charge < -0.3 is 19.8 Å². The molecule has 3 rings (SSSR count).